The zero-order valence-corrected chi connectivity index (χ0v) is 8.42. The summed E-state index contributed by atoms with van der Waals surface area (Å²) < 4.78 is 0. The summed E-state index contributed by atoms with van der Waals surface area (Å²) >= 11 is 0. The molecule has 0 aromatic carbocycles. The van der Waals surface area contributed by atoms with Gasteiger partial charge in [0, 0.05) is 31.1 Å². The van der Waals surface area contributed by atoms with E-state index < -0.39 is 0 Å². The van der Waals surface area contributed by atoms with E-state index in [9.17, 15) is 4.79 Å². The highest BCUT2D eigenvalue weighted by Gasteiger charge is 2.36. The summed E-state index contributed by atoms with van der Waals surface area (Å²) in [5, 5.41) is 0. The van der Waals surface area contributed by atoms with Crippen molar-refractivity contribution in [3.63, 3.8) is 0 Å². The predicted octanol–water partition coefficient (Wildman–Crippen LogP) is -0.327. The molecule has 0 spiro atoms. The summed E-state index contributed by atoms with van der Waals surface area (Å²) in [6.07, 6.45) is 1.17. The fourth-order valence-electron chi connectivity index (χ4n) is 1.86. The maximum Gasteiger partial charge on any atom is 0.219 e. The van der Waals surface area contributed by atoms with E-state index in [0.717, 1.165) is 19.5 Å². The SMILES string of the molecule is CC(C)N1CCC(N)(CC(N)=O)C1. The smallest absolute Gasteiger partial charge is 0.219 e. The van der Waals surface area contributed by atoms with Gasteiger partial charge in [-0.1, -0.05) is 0 Å². The molecule has 76 valence electrons. The van der Waals surface area contributed by atoms with E-state index in [1.165, 1.54) is 0 Å². The van der Waals surface area contributed by atoms with Gasteiger partial charge in [-0.05, 0) is 20.3 Å². The van der Waals surface area contributed by atoms with Crippen LogP contribution in [0, 0.1) is 0 Å². The Morgan fingerprint density at radius 1 is 1.62 bits per heavy atom. The van der Waals surface area contributed by atoms with E-state index in [-0.39, 0.29) is 11.4 Å². The molecule has 0 aliphatic carbocycles. The van der Waals surface area contributed by atoms with Gasteiger partial charge < -0.3 is 11.5 Å². The van der Waals surface area contributed by atoms with Crippen LogP contribution in [0.2, 0.25) is 0 Å². The van der Waals surface area contributed by atoms with Gasteiger partial charge in [0.1, 0.15) is 0 Å². The van der Waals surface area contributed by atoms with Crippen LogP contribution in [0.3, 0.4) is 0 Å². The summed E-state index contributed by atoms with van der Waals surface area (Å²) in [7, 11) is 0. The Kier molecular flexibility index (Phi) is 2.93. The van der Waals surface area contributed by atoms with Crippen LogP contribution >= 0.6 is 0 Å². The van der Waals surface area contributed by atoms with E-state index in [1.807, 2.05) is 0 Å². The molecule has 1 aliphatic rings. The fraction of sp³-hybridized carbons (Fsp3) is 0.889. The molecule has 0 bridgehead atoms. The van der Waals surface area contributed by atoms with E-state index in [0.29, 0.717) is 12.5 Å². The lowest BCUT2D eigenvalue weighted by atomic mass is 9.95. The number of nitrogens with zero attached hydrogens (tertiary/aromatic N) is 1. The number of hydrogen-bond donors (Lipinski definition) is 2. The van der Waals surface area contributed by atoms with Gasteiger partial charge in [-0.25, -0.2) is 0 Å². The van der Waals surface area contributed by atoms with E-state index >= 15 is 0 Å². The zero-order valence-electron chi connectivity index (χ0n) is 8.42. The minimum atomic E-state index is -0.379. The Labute approximate surface area is 79.3 Å². The van der Waals surface area contributed by atoms with E-state index in [2.05, 4.69) is 18.7 Å². The second kappa shape index (κ2) is 3.64. The molecule has 1 rings (SSSR count). The Balaban J connectivity index is 2.51. The van der Waals surface area contributed by atoms with Gasteiger partial charge in [0.25, 0.3) is 0 Å². The van der Waals surface area contributed by atoms with Crippen molar-refractivity contribution in [1.82, 2.24) is 4.90 Å². The Bertz CT molecular complexity index is 205. The van der Waals surface area contributed by atoms with Crippen LogP contribution in [0.15, 0.2) is 0 Å². The van der Waals surface area contributed by atoms with Crippen LogP contribution < -0.4 is 11.5 Å². The quantitative estimate of drug-likeness (QED) is 0.632. The third-order valence-electron chi connectivity index (χ3n) is 2.67. The number of carbonyl (C=O) groups is 1. The summed E-state index contributed by atoms with van der Waals surface area (Å²) in [5.74, 6) is -0.298. The molecule has 1 amide bonds. The minimum absolute atomic E-state index is 0.298. The first-order chi connectivity index (χ1) is 5.93. The van der Waals surface area contributed by atoms with Crippen molar-refractivity contribution in [2.75, 3.05) is 13.1 Å². The Hall–Kier alpha value is -0.610. The molecule has 4 nitrogen and oxygen atoms in total. The third-order valence-corrected chi connectivity index (χ3v) is 2.67. The van der Waals surface area contributed by atoms with Gasteiger partial charge in [-0.15, -0.1) is 0 Å². The predicted molar refractivity (Wildman–Crippen MR) is 52.1 cm³/mol. The van der Waals surface area contributed by atoms with Gasteiger partial charge in [-0.3, -0.25) is 9.69 Å². The maximum atomic E-state index is 10.8. The first kappa shape index (κ1) is 10.5. The van der Waals surface area contributed by atoms with Crippen molar-refractivity contribution in [2.45, 2.75) is 38.3 Å². The molecule has 4 heteroatoms. The summed E-state index contributed by atoms with van der Waals surface area (Å²) in [5.41, 5.74) is 10.8. The molecule has 4 N–H and O–H groups in total. The number of carbonyl (C=O) groups excluding carboxylic acids is 1. The number of hydrogen-bond acceptors (Lipinski definition) is 3. The summed E-state index contributed by atoms with van der Waals surface area (Å²) in [6.45, 7) is 6.03. The van der Waals surface area contributed by atoms with Gasteiger partial charge in [0.15, 0.2) is 0 Å². The highest BCUT2D eigenvalue weighted by Crippen LogP contribution is 2.23. The number of likely N-dealkylation sites (tertiary alicyclic amines) is 1. The molecule has 0 saturated carbocycles. The second-order valence-electron chi connectivity index (χ2n) is 4.32. The average Bonchev–Trinajstić information content (AvgIpc) is 2.29. The van der Waals surface area contributed by atoms with Crippen molar-refractivity contribution >= 4 is 5.91 Å². The number of amides is 1. The third kappa shape index (κ3) is 2.67. The van der Waals surface area contributed by atoms with Gasteiger partial charge in [0.05, 0.1) is 0 Å². The number of nitrogens with two attached hydrogens (primary N) is 2. The molecule has 1 unspecified atom stereocenters. The maximum absolute atomic E-state index is 10.8. The largest absolute Gasteiger partial charge is 0.370 e. The van der Waals surface area contributed by atoms with Crippen molar-refractivity contribution in [3.8, 4) is 0 Å². The lowest BCUT2D eigenvalue weighted by Gasteiger charge is -2.25. The molecule has 1 aliphatic heterocycles. The van der Waals surface area contributed by atoms with Gasteiger partial charge in [-0.2, -0.15) is 0 Å². The molecule has 1 atom stereocenters. The monoisotopic (exact) mass is 185 g/mol. The summed E-state index contributed by atoms with van der Waals surface area (Å²) in [6, 6.07) is 0.498. The molecular formula is C9H19N3O. The Morgan fingerprint density at radius 3 is 2.62 bits per heavy atom. The highest BCUT2D eigenvalue weighted by molar-refractivity contribution is 5.75. The van der Waals surface area contributed by atoms with E-state index in [1.54, 1.807) is 0 Å². The zero-order chi connectivity index (χ0) is 10.1. The lowest BCUT2D eigenvalue weighted by molar-refractivity contribution is -0.119. The molecule has 0 aromatic rings. The van der Waals surface area contributed by atoms with Crippen LogP contribution in [0.5, 0.6) is 0 Å². The van der Waals surface area contributed by atoms with Crippen molar-refractivity contribution in [3.05, 3.63) is 0 Å². The molecule has 13 heavy (non-hydrogen) atoms. The van der Waals surface area contributed by atoms with Crippen LogP contribution in [0.1, 0.15) is 26.7 Å². The highest BCUT2D eigenvalue weighted by atomic mass is 16.1. The minimum Gasteiger partial charge on any atom is -0.370 e. The average molecular weight is 185 g/mol. The van der Waals surface area contributed by atoms with Crippen LogP contribution in [0.4, 0.5) is 0 Å². The normalized spacial score (nSPS) is 29.8. The van der Waals surface area contributed by atoms with Gasteiger partial charge >= 0.3 is 0 Å². The first-order valence-corrected chi connectivity index (χ1v) is 4.74. The molecule has 0 radical (unpaired) electrons. The van der Waals surface area contributed by atoms with Crippen LogP contribution in [-0.2, 0) is 4.79 Å². The molecule has 1 fully saturated rings. The second-order valence-corrected chi connectivity index (χ2v) is 4.32. The molecular weight excluding hydrogens is 166 g/mol. The topological polar surface area (TPSA) is 72.3 Å². The van der Waals surface area contributed by atoms with Crippen LogP contribution in [0.25, 0.3) is 0 Å². The van der Waals surface area contributed by atoms with E-state index in [4.69, 9.17) is 11.5 Å². The van der Waals surface area contributed by atoms with Crippen LogP contribution in [-0.4, -0.2) is 35.5 Å². The number of primary amides is 1. The number of rotatable bonds is 3. The van der Waals surface area contributed by atoms with Gasteiger partial charge in [0.2, 0.25) is 5.91 Å². The Morgan fingerprint density at radius 2 is 2.23 bits per heavy atom. The van der Waals surface area contributed by atoms with Crippen molar-refractivity contribution < 1.29 is 4.79 Å². The fourth-order valence-corrected chi connectivity index (χ4v) is 1.86. The van der Waals surface area contributed by atoms with Crippen molar-refractivity contribution in [1.29, 1.82) is 0 Å². The standard InChI is InChI=1S/C9H19N3O/c1-7(2)12-4-3-9(11,6-12)5-8(10)13/h7H,3-6,11H2,1-2H3,(H2,10,13). The first-order valence-electron chi connectivity index (χ1n) is 4.74. The lowest BCUT2D eigenvalue weighted by Crippen LogP contribution is -2.46. The molecule has 1 saturated heterocycles. The summed E-state index contributed by atoms with van der Waals surface area (Å²) in [4.78, 5) is 13.0. The van der Waals surface area contributed by atoms with Crippen molar-refractivity contribution in [2.24, 2.45) is 11.5 Å². The molecule has 1 heterocycles. The molecule has 0 aromatic heterocycles.